The predicted octanol–water partition coefficient (Wildman–Crippen LogP) is 2.46. The van der Waals surface area contributed by atoms with E-state index in [1.807, 2.05) is 0 Å². The van der Waals surface area contributed by atoms with E-state index in [2.05, 4.69) is 30.8 Å². The predicted molar refractivity (Wildman–Crippen MR) is 46.8 cm³/mol. The molecule has 1 aromatic heterocycles. The molecule has 0 N–H and O–H groups in total. The molecule has 0 aromatic carbocycles. The second-order valence-electron chi connectivity index (χ2n) is 3.62. The van der Waals surface area contributed by atoms with Crippen LogP contribution in [0.5, 0.6) is 0 Å². The van der Waals surface area contributed by atoms with Gasteiger partial charge >= 0.3 is 0 Å². The van der Waals surface area contributed by atoms with Crippen LogP contribution in [0.1, 0.15) is 36.9 Å². The van der Waals surface area contributed by atoms with Crippen LogP contribution in [-0.4, -0.2) is 4.57 Å². The first-order valence-corrected chi connectivity index (χ1v) is 4.43. The molecule has 0 spiro atoms. The van der Waals surface area contributed by atoms with Crippen molar-refractivity contribution in [2.75, 3.05) is 0 Å². The van der Waals surface area contributed by atoms with Gasteiger partial charge in [0.05, 0.1) is 0 Å². The van der Waals surface area contributed by atoms with E-state index in [1.54, 1.807) is 11.3 Å². The van der Waals surface area contributed by atoms with E-state index in [9.17, 15) is 0 Å². The molecule has 0 fully saturated rings. The number of nitrogens with zero attached hydrogens (tertiary/aromatic N) is 1. The molecule has 0 aliphatic heterocycles. The summed E-state index contributed by atoms with van der Waals surface area (Å²) < 4.78 is 2.27. The zero-order valence-electron chi connectivity index (χ0n) is 7.30. The number of fused-ring (bicyclic) bond motifs is 1. The first-order valence-electron chi connectivity index (χ1n) is 4.43. The normalized spacial score (nSPS) is 23.3. The van der Waals surface area contributed by atoms with Crippen LogP contribution in [0.2, 0.25) is 0 Å². The van der Waals surface area contributed by atoms with Gasteiger partial charge in [-0.05, 0) is 36.8 Å². The van der Waals surface area contributed by atoms with Crippen molar-refractivity contribution in [2.24, 2.45) is 7.05 Å². The van der Waals surface area contributed by atoms with E-state index in [-0.39, 0.29) is 0 Å². The van der Waals surface area contributed by atoms with E-state index in [1.165, 1.54) is 19.3 Å². The van der Waals surface area contributed by atoms with Gasteiger partial charge in [0, 0.05) is 18.9 Å². The Morgan fingerprint density at radius 3 is 3.09 bits per heavy atom. The van der Waals surface area contributed by atoms with Gasteiger partial charge in [0.15, 0.2) is 0 Å². The Balaban J connectivity index is 2.46. The lowest BCUT2D eigenvalue weighted by Gasteiger charge is -2.19. The molecule has 2 rings (SSSR count). The fourth-order valence-electron chi connectivity index (χ4n) is 2.08. The van der Waals surface area contributed by atoms with Crippen molar-refractivity contribution < 1.29 is 0 Å². The van der Waals surface area contributed by atoms with Gasteiger partial charge in [-0.3, -0.25) is 0 Å². The minimum absolute atomic E-state index is 0.792. The maximum absolute atomic E-state index is 2.33. The van der Waals surface area contributed by atoms with Crippen molar-refractivity contribution in [3.63, 3.8) is 0 Å². The maximum Gasteiger partial charge on any atom is 0.0206 e. The van der Waals surface area contributed by atoms with Crippen LogP contribution in [0.25, 0.3) is 0 Å². The highest BCUT2D eigenvalue weighted by Crippen LogP contribution is 2.30. The Hall–Kier alpha value is -0.720. The number of rotatable bonds is 0. The lowest BCUT2D eigenvalue weighted by molar-refractivity contribution is 0.571. The Kier molecular flexibility index (Phi) is 1.52. The number of aryl methyl sites for hydroxylation is 1. The summed E-state index contributed by atoms with van der Waals surface area (Å²) in [5.74, 6) is 0.792. The molecule has 0 unspecified atom stereocenters. The van der Waals surface area contributed by atoms with Gasteiger partial charge in [-0.25, -0.2) is 0 Å². The summed E-state index contributed by atoms with van der Waals surface area (Å²) in [5, 5.41) is 0. The number of hydrogen-bond donors (Lipinski definition) is 0. The van der Waals surface area contributed by atoms with Crippen LogP contribution in [0.15, 0.2) is 12.3 Å². The SMILES string of the molecule is C[C@@H]1CCCc2c1ccn2C. The largest absolute Gasteiger partial charge is 0.354 e. The Bertz CT molecular complexity index is 260. The van der Waals surface area contributed by atoms with E-state index in [0.29, 0.717) is 0 Å². The molecule has 0 amide bonds. The first kappa shape index (κ1) is 6.96. The average molecular weight is 149 g/mol. The molecule has 11 heavy (non-hydrogen) atoms. The second kappa shape index (κ2) is 2.40. The molecular formula is C10H15N. The summed E-state index contributed by atoms with van der Waals surface area (Å²) in [6.07, 6.45) is 6.21. The monoisotopic (exact) mass is 149 g/mol. The highest BCUT2D eigenvalue weighted by atomic mass is 14.9. The molecule has 1 aromatic rings. The molecule has 1 atom stereocenters. The van der Waals surface area contributed by atoms with Crippen molar-refractivity contribution in [1.82, 2.24) is 4.57 Å². The molecule has 60 valence electrons. The van der Waals surface area contributed by atoms with E-state index in [4.69, 9.17) is 0 Å². The third kappa shape index (κ3) is 0.991. The molecule has 1 heteroatoms. The summed E-state index contributed by atoms with van der Waals surface area (Å²) in [6, 6.07) is 2.28. The molecule has 0 radical (unpaired) electrons. The Labute approximate surface area is 68.0 Å². The van der Waals surface area contributed by atoms with Gasteiger partial charge < -0.3 is 4.57 Å². The second-order valence-corrected chi connectivity index (χ2v) is 3.62. The minimum Gasteiger partial charge on any atom is -0.354 e. The van der Waals surface area contributed by atoms with Crippen LogP contribution in [0.3, 0.4) is 0 Å². The summed E-state index contributed by atoms with van der Waals surface area (Å²) in [5.41, 5.74) is 3.14. The highest BCUT2D eigenvalue weighted by Gasteiger charge is 2.17. The van der Waals surface area contributed by atoms with Crippen LogP contribution in [0, 0.1) is 0 Å². The molecule has 0 saturated heterocycles. The minimum atomic E-state index is 0.792. The Morgan fingerprint density at radius 2 is 2.36 bits per heavy atom. The summed E-state index contributed by atoms with van der Waals surface area (Å²) in [7, 11) is 2.15. The van der Waals surface area contributed by atoms with Gasteiger partial charge in [0.2, 0.25) is 0 Å². The van der Waals surface area contributed by atoms with Gasteiger partial charge in [-0.1, -0.05) is 6.92 Å². The zero-order chi connectivity index (χ0) is 7.84. The fraction of sp³-hybridized carbons (Fsp3) is 0.600. The van der Waals surface area contributed by atoms with Crippen molar-refractivity contribution in [2.45, 2.75) is 32.1 Å². The summed E-state index contributed by atoms with van der Waals surface area (Å²) in [6.45, 7) is 2.33. The highest BCUT2D eigenvalue weighted by molar-refractivity contribution is 5.28. The molecule has 1 aliphatic rings. The van der Waals surface area contributed by atoms with Gasteiger partial charge in [-0.15, -0.1) is 0 Å². The number of aromatic nitrogens is 1. The average Bonchev–Trinajstić information content (AvgIpc) is 2.35. The smallest absolute Gasteiger partial charge is 0.0206 e. The molecule has 0 saturated carbocycles. The van der Waals surface area contributed by atoms with Gasteiger partial charge in [0.25, 0.3) is 0 Å². The molecule has 0 bridgehead atoms. The third-order valence-corrected chi connectivity index (χ3v) is 2.82. The molecule has 1 nitrogen and oxygen atoms in total. The van der Waals surface area contributed by atoms with Crippen molar-refractivity contribution in [3.8, 4) is 0 Å². The first-order chi connectivity index (χ1) is 5.29. The third-order valence-electron chi connectivity index (χ3n) is 2.82. The number of hydrogen-bond acceptors (Lipinski definition) is 0. The standard InChI is InChI=1S/C10H15N/c1-8-4-3-5-10-9(8)6-7-11(10)2/h6-8H,3-5H2,1-2H3/t8-/m1/s1. The van der Waals surface area contributed by atoms with E-state index in [0.717, 1.165) is 5.92 Å². The van der Waals surface area contributed by atoms with Crippen LogP contribution >= 0.6 is 0 Å². The van der Waals surface area contributed by atoms with Crippen LogP contribution in [-0.2, 0) is 13.5 Å². The van der Waals surface area contributed by atoms with Gasteiger partial charge in [-0.2, -0.15) is 0 Å². The van der Waals surface area contributed by atoms with Crippen molar-refractivity contribution >= 4 is 0 Å². The maximum atomic E-state index is 2.33. The lowest BCUT2D eigenvalue weighted by Crippen LogP contribution is -2.08. The Morgan fingerprint density at radius 1 is 1.55 bits per heavy atom. The fourth-order valence-corrected chi connectivity index (χ4v) is 2.08. The summed E-state index contributed by atoms with van der Waals surface area (Å²) >= 11 is 0. The van der Waals surface area contributed by atoms with Crippen molar-refractivity contribution in [1.29, 1.82) is 0 Å². The summed E-state index contributed by atoms with van der Waals surface area (Å²) in [4.78, 5) is 0. The van der Waals surface area contributed by atoms with E-state index >= 15 is 0 Å². The van der Waals surface area contributed by atoms with Crippen LogP contribution < -0.4 is 0 Å². The topological polar surface area (TPSA) is 4.93 Å². The zero-order valence-corrected chi connectivity index (χ0v) is 7.30. The molecular weight excluding hydrogens is 134 g/mol. The lowest BCUT2D eigenvalue weighted by atomic mass is 9.88. The van der Waals surface area contributed by atoms with Gasteiger partial charge in [0.1, 0.15) is 0 Å². The van der Waals surface area contributed by atoms with E-state index < -0.39 is 0 Å². The molecule has 1 aliphatic carbocycles. The van der Waals surface area contributed by atoms with Crippen molar-refractivity contribution in [3.05, 3.63) is 23.5 Å². The molecule has 1 heterocycles. The van der Waals surface area contributed by atoms with Crippen LogP contribution in [0.4, 0.5) is 0 Å². The quantitative estimate of drug-likeness (QED) is 0.534.